The predicted molar refractivity (Wildman–Crippen MR) is 118 cm³/mol. The quantitative estimate of drug-likeness (QED) is 0.499. The lowest BCUT2D eigenvalue weighted by Crippen LogP contribution is -2.36. The van der Waals surface area contributed by atoms with Crippen molar-refractivity contribution in [3.8, 4) is 11.1 Å². The van der Waals surface area contributed by atoms with Gasteiger partial charge in [0.05, 0.1) is 10.6 Å². The van der Waals surface area contributed by atoms with E-state index in [1.54, 1.807) is 11.6 Å². The number of hydrogen-bond donors (Lipinski definition) is 1. The lowest BCUT2D eigenvalue weighted by molar-refractivity contribution is -0.120. The first-order valence-electron chi connectivity index (χ1n) is 9.22. The summed E-state index contributed by atoms with van der Waals surface area (Å²) in [6.07, 6.45) is 0. The summed E-state index contributed by atoms with van der Waals surface area (Å²) in [5.74, 6) is -0.0589. The Labute approximate surface area is 173 Å². The molecule has 0 saturated heterocycles. The second-order valence-electron chi connectivity index (χ2n) is 7.31. The molecule has 3 rings (SSSR count). The van der Waals surface area contributed by atoms with Crippen molar-refractivity contribution in [1.29, 1.82) is 0 Å². The Kier molecular flexibility index (Phi) is 5.95. The van der Waals surface area contributed by atoms with Crippen molar-refractivity contribution in [2.45, 2.75) is 51.1 Å². The van der Waals surface area contributed by atoms with E-state index in [4.69, 9.17) is 0 Å². The zero-order valence-electron chi connectivity index (χ0n) is 17.0. The van der Waals surface area contributed by atoms with Crippen molar-refractivity contribution >= 4 is 39.2 Å². The van der Waals surface area contributed by atoms with Crippen molar-refractivity contribution in [2.75, 3.05) is 0 Å². The van der Waals surface area contributed by atoms with E-state index in [0.717, 1.165) is 11.1 Å². The van der Waals surface area contributed by atoms with Gasteiger partial charge >= 0.3 is 0 Å². The van der Waals surface area contributed by atoms with Gasteiger partial charge in [0.15, 0.2) is 5.16 Å². The molecule has 0 aliphatic carbocycles. The number of nitrogens with one attached hydrogen (secondary N) is 1. The summed E-state index contributed by atoms with van der Waals surface area (Å²) in [6.45, 7) is 9.83. The van der Waals surface area contributed by atoms with Crippen LogP contribution in [0.2, 0.25) is 0 Å². The smallest absolute Gasteiger partial charge is 0.263 e. The summed E-state index contributed by atoms with van der Waals surface area (Å²) in [6, 6.07) is 6.31. The third-order valence-electron chi connectivity index (χ3n) is 4.67. The van der Waals surface area contributed by atoms with Crippen LogP contribution in [0.4, 0.5) is 0 Å². The third kappa shape index (κ3) is 4.00. The average molecular weight is 416 g/mol. The molecule has 148 valence electrons. The molecule has 1 N–H and O–H groups in total. The number of aromatic nitrogens is 2. The molecule has 2 aromatic heterocycles. The van der Waals surface area contributed by atoms with Gasteiger partial charge in [0.2, 0.25) is 5.91 Å². The summed E-state index contributed by atoms with van der Waals surface area (Å²) in [7, 11) is 1.71. The number of thioether (sulfide) groups is 1. The van der Waals surface area contributed by atoms with Gasteiger partial charge in [0, 0.05) is 24.0 Å². The van der Waals surface area contributed by atoms with Crippen molar-refractivity contribution in [3.05, 3.63) is 45.1 Å². The van der Waals surface area contributed by atoms with E-state index in [0.29, 0.717) is 15.4 Å². The number of benzene rings is 1. The molecular formula is C21H25N3O2S2. The molecule has 0 bridgehead atoms. The molecule has 0 aliphatic rings. The first kappa shape index (κ1) is 20.6. The monoisotopic (exact) mass is 415 g/mol. The van der Waals surface area contributed by atoms with Crippen LogP contribution in [0, 0.1) is 13.8 Å². The van der Waals surface area contributed by atoms with Gasteiger partial charge in [-0.05, 0) is 51.3 Å². The van der Waals surface area contributed by atoms with E-state index in [1.165, 1.54) is 34.2 Å². The SMILES string of the molecule is Cc1ccc(-c2csc3nc(S[C@H](C)C(=O)NC(C)C)n(C)c(=O)c23)cc1C. The number of nitrogens with zero attached hydrogens (tertiary/aromatic N) is 2. The molecule has 1 atom stereocenters. The second kappa shape index (κ2) is 8.09. The molecule has 3 aromatic rings. The maximum atomic E-state index is 13.1. The summed E-state index contributed by atoms with van der Waals surface area (Å²) < 4.78 is 1.55. The number of amides is 1. The molecule has 5 nitrogen and oxygen atoms in total. The van der Waals surface area contributed by atoms with Crippen LogP contribution in [-0.2, 0) is 11.8 Å². The standard InChI is InChI=1S/C21H25N3O2S2/c1-11(2)22-18(25)14(5)28-21-23-19-17(20(26)24(21)6)16(10-27-19)15-8-7-12(3)13(4)9-15/h7-11,14H,1-6H3,(H,22,25)/t14-/m1/s1. The summed E-state index contributed by atoms with van der Waals surface area (Å²) >= 11 is 2.77. The summed E-state index contributed by atoms with van der Waals surface area (Å²) in [4.78, 5) is 30.7. The lowest BCUT2D eigenvalue weighted by Gasteiger charge is -2.15. The Morgan fingerprint density at radius 3 is 2.57 bits per heavy atom. The number of rotatable bonds is 5. The van der Waals surface area contributed by atoms with Crippen molar-refractivity contribution in [1.82, 2.24) is 14.9 Å². The molecule has 28 heavy (non-hydrogen) atoms. The van der Waals surface area contributed by atoms with E-state index < -0.39 is 0 Å². The highest BCUT2D eigenvalue weighted by atomic mass is 32.2. The molecular weight excluding hydrogens is 390 g/mol. The highest BCUT2D eigenvalue weighted by Crippen LogP contribution is 2.33. The minimum Gasteiger partial charge on any atom is -0.353 e. The van der Waals surface area contributed by atoms with Gasteiger partial charge in [-0.15, -0.1) is 11.3 Å². The van der Waals surface area contributed by atoms with Gasteiger partial charge in [0.1, 0.15) is 4.83 Å². The zero-order chi connectivity index (χ0) is 20.6. The second-order valence-corrected chi connectivity index (χ2v) is 9.48. The Bertz CT molecular complexity index is 1100. The maximum Gasteiger partial charge on any atom is 0.263 e. The Balaban J connectivity index is 2.01. The molecule has 1 aromatic carbocycles. The Hall–Kier alpha value is -2.12. The highest BCUT2D eigenvalue weighted by molar-refractivity contribution is 8.00. The largest absolute Gasteiger partial charge is 0.353 e. The van der Waals surface area contributed by atoms with Crippen LogP contribution in [0.15, 0.2) is 33.5 Å². The fraction of sp³-hybridized carbons (Fsp3) is 0.381. The van der Waals surface area contributed by atoms with Gasteiger partial charge in [0.25, 0.3) is 5.56 Å². The number of hydrogen-bond acceptors (Lipinski definition) is 5. The van der Waals surface area contributed by atoms with E-state index >= 15 is 0 Å². The number of carbonyl (C=O) groups is 1. The van der Waals surface area contributed by atoms with Crippen LogP contribution in [0.1, 0.15) is 31.9 Å². The van der Waals surface area contributed by atoms with Gasteiger partial charge in [-0.2, -0.15) is 0 Å². The van der Waals surface area contributed by atoms with Gasteiger partial charge in [-0.1, -0.05) is 30.0 Å². The topological polar surface area (TPSA) is 64.0 Å². The van der Waals surface area contributed by atoms with E-state index in [2.05, 4.69) is 36.3 Å². The average Bonchev–Trinajstić information content (AvgIpc) is 3.05. The number of fused-ring (bicyclic) bond motifs is 1. The van der Waals surface area contributed by atoms with Crippen LogP contribution in [0.3, 0.4) is 0 Å². The van der Waals surface area contributed by atoms with E-state index in [-0.39, 0.29) is 22.8 Å². The normalized spacial score (nSPS) is 12.5. The van der Waals surface area contributed by atoms with Crippen LogP contribution in [-0.4, -0.2) is 26.8 Å². The van der Waals surface area contributed by atoms with E-state index in [1.807, 2.05) is 32.2 Å². The zero-order valence-corrected chi connectivity index (χ0v) is 18.6. The molecule has 1 amide bonds. The lowest BCUT2D eigenvalue weighted by atomic mass is 10.0. The fourth-order valence-electron chi connectivity index (χ4n) is 2.89. The van der Waals surface area contributed by atoms with Gasteiger partial charge in [-0.25, -0.2) is 4.98 Å². The van der Waals surface area contributed by atoms with Crippen LogP contribution < -0.4 is 10.9 Å². The molecule has 0 aliphatic heterocycles. The molecule has 7 heteroatoms. The molecule has 0 spiro atoms. The van der Waals surface area contributed by atoms with Gasteiger partial charge in [-0.3, -0.25) is 14.2 Å². The molecule has 0 unspecified atom stereocenters. The number of carbonyl (C=O) groups excluding carboxylic acids is 1. The maximum absolute atomic E-state index is 13.1. The molecule has 0 fully saturated rings. The van der Waals surface area contributed by atoms with Gasteiger partial charge < -0.3 is 5.32 Å². The highest BCUT2D eigenvalue weighted by Gasteiger charge is 2.20. The molecule has 0 radical (unpaired) electrons. The predicted octanol–water partition coefficient (Wildman–Crippen LogP) is 4.28. The third-order valence-corrected chi connectivity index (χ3v) is 6.69. The fourth-order valence-corrected chi connectivity index (χ4v) is 4.77. The number of thiophene rings is 1. The van der Waals surface area contributed by atoms with Crippen molar-refractivity contribution in [2.24, 2.45) is 7.05 Å². The van der Waals surface area contributed by atoms with Crippen LogP contribution in [0.5, 0.6) is 0 Å². The molecule has 2 heterocycles. The Morgan fingerprint density at radius 1 is 1.21 bits per heavy atom. The van der Waals surface area contributed by atoms with Crippen molar-refractivity contribution < 1.29 is 4.79 Å². The molecule has 0 saturated carbocycles. The first-order chi connectivity index (χ1) is 13.2. The van der Waals surface area contributed by atoms with Crippen molar-refractivity contribution in [3.63, 3.8) is 0 Å². The number of aryl methyl sites for hydroxylation is 2. The minimum atomic E-state index is -0.336. The Morgan fingerprint density at radius 2 is 1.93 bits per heavy atom. The first-order valence-corrected chi connectivity index (χ1v) is 11.0. The summed E-state index contributed by atoms with van der Waals surface area (Å²) in [5, 5.41) is 5.75. The minimum absolute atomic E-state index is 0.0589. The summed E-state index contributed by atoms with van der Waals surface area (Å²) in [5.41, 5.74) is 4.27. The van der Waals surface area contributed by atoms with Crippen LogP contribution >= 0.6 is 23.1 Å². The van der Waals surface area contributed by atoms with E-state index in [9.17, 15) is 9.59 Å². The van der Waals surface area contributed by atoms with Crippen LogP contribution in [0.25, 0.3) is 21.3 Å².